The third-order valence-electron chi connectivity index (χ3n) is 2.52. The summed E-state index contributed by atoms with van der Waals surface area (Å²) >= 11 is 2.11. The molecule has 0 saturated carbocycles. The van der Waals surface area contributed by atoms with Crippen molar-refractivity contribution in [1.29, 1.82) is 0 Å². The van der Waals surface area contributed by atoms with Gasteiger partial charge in [0.05, 0.1) is 0 Å². The lowest BCUT2D eigenvalue weighted by Crippen LogP contribution is -2.31. The van der Waals surface area contributed by atoms with Crippen molar-refractivity contribution in [2.24, 2.45) is 0 Å². The van der Waals surface area contributed by atoms with Crippen LogP contribution in [-0.4, -0.2) is 48.6 Å². The molecular weight excluding hydrogens is 192 g/mol. The predicted molar refractivity (Wildman–Crippen MR) is 66.1 cm³/mol. The first-order valence-electron chi connectivity index (χ1n) is 5.82. The molecule has 1 fully saturated rings. The van der Waals surface area contributed by atoms with Gasteiger partial charge in [-0.15, -0.1) is 0 Å². The molecule has 0 spiro atoms. The molecule has 1 saturated heterocycles. The summed E-state index contributed by atoms with van der Waals surface area (Å²) in [7, 11) is 0. The summed E-state index contributed by atoms with van der Waals surface area (Å²) in [4.78, 5) is 2.61. The molecule has 0 aromatic heterocycles. The molecule has 1 rings (SSSR count). The molecule has 0 amide bonds. The highest BCUT2D eigenvalue weighted by atomic mass is 32.2. The lowest BCUT2D eigenvalue weighted by molar-refractivity contribution is 0.289. The van der Waals surface area contributed by atoms with Crippen LogP contribution in [0.2, 0.25) is 0 Å². The molecule has 0 aromatic carbocycles. The summed E-state index contributed by atoms with van der Waals surface area (Å²) in [5, 5.41) is 3.47. The number of thioether (sulfide) groups is 1. The second-order valence-electron chi connectivity index (χ2n) is 4.27. The second kappa shape index (κ2) is 7.55. The highest BCUT2D eigenvalue weighted by Crippen LogP contribution is 2.09. The molecule has 1 N–H and O–H groups in total. The van der Waals surface area contributed by atoms with Crippen LogP contribution in [0.4, 0.5) is 0 Å². The van der Waals surface area contributed by atoms with Crippen molar-refractivity contribution in [1.82, 2.24) is 10.2 Å². The van der Waals surface area contributed by atoms with Crippen LogP contribution in [0.1, 0.15) is 26.7 Å². The summed E-state index contributed by atoms with van der Waals surface area (Å²) < 4.78 is 0. The van der Waals surface area contributed by atoms with Crippen molar-refractivity contribution >= 4 is 11.8 Å². The molecule has 0 radical (unpaired) electrons. The molecule has 0 bridgehead atoms. The Hall–Kier alpha value is 0.270. The lowest BCUT2D eigenvalue weighted by Gasteiger charge is -2.19. The van der Waals surface area contributed by atoms with Crippen molar-refractivity contribution in [2.75, 3.05) is 37.7 Å². The van der Waals surface area contributed by atoms with Gasteiger partial charge in [-0.3, -0.25) is 0 Å². The van der Waals surface area contributed by atoms with Crippen LogP contribution < -0.4 is 5.32 Å². The predicted octanol–water partition coefficient (Wildman–Crippen LogP) is 1.81. The van der Waals surface area contributed by atoms with Crippen molar-refractivity contribution in [3.63, 3.8) is 0 Å². The van der Waals surface area contributed by atoms with E-state index >= 15 is 0 Å². The Kier molecular flexibility index (Phi) is 6.65. The molecular formula is C11H24N2S. The third kappa shape index (κ3) is 5.89. The average molecular weight is 216 g/mol. The Morgan fingerprint density at radius 2 is 2.14 bits per heavy atom. The monoisotopic (exact) mass is 216 g/mol. The van der Waals surface area contributed by atoms with E-state index in [4.69, 9.17) is 0 Å². The molecule has 1 aliphatic heterocycles. The number of nitrogens with zero attached hydrogens (tertiary/aromatic N) is 1. The van der Waals surface area contributed by atoms with E-state index in [1.807, 2.05) is 0 Å². The molecule has 84 valence electrons. The van der Waals surface area contributed by atoms with E-state index in [2.05, 4.69) is 35.8 Å². The Labute approximate surface area is 92.8 Å². The van der Waals surface area contributed by atoms with E-state index in [-0.39, 0.29) is 0 Å². The Balaban J connectivity index is 1.99. The highest BCUT2D eigenvalue weighted by Gasteiger charge is 2.07. The second-order valence-corrected chi connectivity index (χ2v) is 5.49. The smallest absolute Gasteiger partial charge is 0.00724 e. The largest absolute Gasteiger partial charge is 0.314 e. The minimum atomic E-state index is 0.634. The zero-order valence-electron chi connectivity index (χ0n) is 9.59. The maximum absolute atomic E-state index is 3.47. The van der Waals surface area contributed by atoms with Crippen LogP contribution in [0.5, 0.6) is 0 Å². The Morgan fingerprint density at radius 3 is 2.93 bits per heavy atom. The molecule has 1 heterocycles. The van der Waals surface area contributed by atoms with E-state index in [0.717, 1.165) is 0 Å². The van der Waals surface area contributed by atoms with Crippen LogP contribution >= 0.6 is 11.8 Å². The van der Waals surface area contributed by atoms with E-state index in [1.165, 1.54) is 50.5 Å². The fourth-order valence-corrected chi connectivity index (χ4v) is 2.64. The quantitative estimate of drug-likeness (QED) is 0.706. The summed E-state index contributed by atoms with van der Waals surface area (Å²) in [6.45, 7) is 9.48. The van der Waals surface area contributed by atoms with Crippen molar-refractivity contribution < 1.29 is 0 Å². The van der Waals surface area contributed by atoms with Crippen LogP contribution in [0.15, 0.2) is 0 Å². The first-order valence-corrected chi connectivity index (χ1v) is 6.98. The average Bonchev–Trinajstić information content (AvgIpc) is 2.40. The number of nitrogens with one attached hydrogen (secondary N) is 1. The molecule has 3 heteroatoms. The maximum atomic E-state index is 3.47. The maximum Gasteiger partial charge on any atom is 0.00724 e. The highest BCUT2D eigenvalue weighted by molar-refractivity contribution is 7.99. The fraction of sp³-hybridized carbons (Fsp3) is 1.00. The SMILES string of the molecule is CC(C)NCCCN1CCCSCC1. The molecule has 2 nitrogen and oxygen atoms in total. The minimum absolute atomic E-state index is 0.634. The number of hydrogen-bond donors (Lipinski definition) is 1. The van der Waals surface area contributed by atoms with E-state index in [9.17, 15) is 0 Å². The van der Waals surface area contributed by atoms with Crippen molar-refractivity contribution in [2.45, 2.75) is 32.7 Å². The van der Waals surface area contributed by atoms with E-state index < -0.39 is 0 Å². The summed E-state index contributed by atoms with van der Waals surface area (Å²) in [6.07, 6.45) is 2.67. The van der Waals surface area contributed by atoms with Gasteiger partial charge in [0.25, 0.3) is 0 Å². The van der Waals surface area contributed by atoms with Gasteiger partial charge in [0.1, 0.15) is 0 Å². The van der Waals surface area contributed by atoms with E-state index in [1.54, 1.807) is 0 Å². The van der Waals surface area contributed by atoms with Gasteiger partial charge in [0.15, 0.2) is 0 Å². The lowest BCUT2D eigenvalue weighted by atomic mass is 10.3. The molecule has 0 unspecified atom stereocenters. The molecule has 0 aromatic rings. The number of rotatable bonds is 5. The van der Waals surface area contributed by atoms with Crippen molar-refractivity contribution in [3.05, 3.63) is 0 Å². The van der Waals surface area contributed by atoms with Crippen LogP contribution in [0, 0.1) is 0 Å². The summed E-state index contributed by atoms with van der Waals surface area (Å²) in [6, 6.07) is 0.634. The first-order chi connectivity index (χ1) is 6.79. The van der Waals surface area contributed by atoms with Gasteiger partial charge in [-0.05, 0) is 38.2 Å². The minimum Gasteiger partial charge on any atom is -0.314 e. The van der Waals surface area contributed by atoms with Gasteiger partial charge in [0.2, 0.25) is 0 Å². The van der Waals surface area contributed by atoms with Crippen LogP contribution in [0.25, 0.3) is 0 Å². The Bertz CT molecular complexity index is 131. The zero-order valence-corrected chi connectivity index (χ0v) is 10.4. The topological polar surface area (TPSA) is 15.3 Å². The molecule has 14 heavy (non-hydrogen) atoms. The van der Waals surface area contributed by atoms with Crippen LogP contribution in [0.3, 0.4) is 0 Å². The van der Waals surface area contributed by atoms with Gasteiger partial charge < -0.3 is 10.2 Å². The van der Waals surface area contributed by atoms with Crippen LogP contribution in [-0.2, 0) is 0 Å². The summed E-state index contributed by atoms with van der Waals surface area (Å²) in [5.74, 6) is 2.69. The van der Waals surface area contributed by atoms with Gasteiger partial charge in [-0.25, -0.2) is 0 Å². The van der Waals surface area contributed by atoms with Crippen molar-refractivity contribution in [3.8, 4) is 0 Å². The van der Waals surface area contributed by atoms with Gasteiger partial charge >= 0.3 is 0 Å². The molecule has 0 aliphatic carbocycles. The number of hydrogen-bond acceptors (Lipinski definition) is 3. The van der Waals surface area contributed by atoms with E-state index in [0.29, 0.717) is 6.04 Å². The normalized spacial score (nSPS) is 19.9. The van der Waals surface area contributed by atoms with Gasteiger partial charge in [-0.2, -0.15) is 11.8 Å². The Morgan fingerprint density at radius 1 is 1.29 bits per heavy atom. The van der Waals surface area contributed by atoms with Gasteiger partial charge in [0, 0.05) is 18.3 Å². The molecule has 1 aliphatic rings. The third-order valence-corrected chi connectivity index (χ3v) is 3.57. The standard InChI is InChI=1S/C11H24N2S/c1-11(2)12-5-3-6-13-7-4-9-14-10-8-13/h11-12H,3-10H2,1-2H3. The summed E-state index contributed by atoms with van der Waals surface area (Å²) in [5.41, 5.74) is 0. The fourth-order valence-electron chi connectivity index (χ4n) is 1.71. The first kappa shape index (κ1) is 12.3. The molecule has 0 atom stereocenters. The zero-order chi connectivity index (χ0) is 10.2. The van der Waals surface area contributed by atoms with Gasteiger partial charge in [-0.1, -0.05) is 13.8 Å².